The maximum absolute atomic E-state index is 6.28. The molecule has 2 aromatic carbocycles. The van der Waals surface area contributed by atoms with Crippen LogP contribution in [0.4, 0.5) is 0 Å². The first-order valence-corrected chi connectivity index (χ1v) is 8.80. The lowest BCUT2D eigenvalue weighted by Gasteiger charge is -2.35. The van der Waals surface area contributed by atoms with E-state index >= 15 is 0 Å². The zero-order chi connectivity index (χ0) is 16.2. The van der Waals surface area contributed by atoms with Crippen molar-refractivity contribution in [3.63, 3.8) is 0 Å². The maximum atomic E-state index is 6.28. The molecule has 2 nitrogen and oxygen atoms in total. The van der Waals surface area contributed by atoms with Crippen molar-refractivity contribution in [3.8, 4) is 0 Å². The second kappa shape index (κ2) is 7.67. The van der Waals surface area contributed by atoms with Crippen molar-refractivity contribution in [3.05, 3.63) is 69.2 Å². The largest absolute Gasteiger partial charge is 0.297 e. The average Bonchev–Trinajstić information content (AvgIpc) is 2.53. The molecule has 0 spiro atoms. The van der Waals surface area contributed by atoms with Gasteiger partial charge in [0.15, 0.2) is 0 Å². The predicted octanol–water partition coefficient (Wildman–Crippen LogP) is 4.62. The Balaban J connectivity index is 1.54. The van der Waals surface area contributed by atoms with Crippen molar-refractivity contribution in [1.82, 2.24) is 9.80 Å². The molecule has 1 heterocycles. The summed E-state index contributed by atoms with van der Waals surface area (Å²) in [5.41, 5.74) is 3.77. The summed E-state index contributed by atoms with van der Waals surface area (Å²) in [6.07, 6.45) is 0. The first-order chi connectivity index (χ1) is 11.1. The van der Waals surface area contributed by atoms with Crippen LogP contribution in [0.1, 0.15) is 16.7 Å². The standard InChI is InChI=1S/C19H22Cl2N2/c1-15-4-2-5-16(12-15)13-22-8-10-23(11-9-22)14-17-18(20)6-3-7-19(17)21/h2-7,12H,8-11,13-14H2,1H3. The van der Waals surface area contributed by atoms with Gasteiger partial charge in [-0.3, -0.25) is 9.80 Å². The molecule has 0 radical (unpaired) electrons. The Hall–Kier alpha value is -1.06. The molecule has 0 amide bonds. The molecule has 1 aliphatic rings. The van der Waals surface area contributed by atoms with E-state index in [2.05, 4.69) is 41.0 Å². The average molecular weight is 349 g/mol. The SMILES string of the molecule is Cc1cccc(CN2CCN(Cc3c(Cl)cccc3Cl)CC2)c1. The van der Waals surface area contributed by atoms with Crippen LogP contribution in [0.25, 0.3) is 0 Å². The Morgan fingerprint density at radius 2 is 1.39 bits per heavy atom. The molecule has 0 atom stereocenters. The molecule has 1 fully saturated rings. The monoisotopic (exact) mass is 348 g/mol. The number of halogens is 2. The summed E-state index contributed by atoms with van der Waals surface area (Å²) in [7, 11) is 0. The first-order valence-electron chi connectivity index (χ1n) is 8.05. The second-order valence-corrected chi connectivity index (χ2v) is 7.06. The molecule has 0 aromatic heterocycles. The Labute approximate surface area is 148 Å². The van der Waals surface area contributed by atoms with Crippen molar-refractivity contribution < 1.29 is 0 Å². The van der Waals surface area contributed by atoms with Crippen molar-refractivity contribution in [2.24, 2.45) is 0 Å². The Bertz CT molecular complexity index is 644. The Morgan fingerprint density at radius 3 is 2.00 bits per heavy atom. The predicted molar refractivity (Wildman–Crippen MR) is 98.2 cm³/mol. The molecule has 2 aromatic rings. The van der Waals surface area contributed by atoms with Gasteiger partial charge in [-0.25, -0.2) is 0 Å². The fourth-order valence-corrected chi connectivity index (χ4v) is 3.60. The molecule has 1 aliphatic heterocycles. The molecular formula is C19H22Cl2N2. The van der Waals surface area contributed by atoms with Gasteiger partial charge < -0.3 is 0 Å². The van der Waals surface area contributed by atoms with E-state index in [1.165, 1.54) is 11.1 Å². The fraction of sp³-hybridized carbons (Fsp3) is 0.368. The number of nitrogens with zero attached hydrogens (tertiary/aromatic N) is 2. The van der Waals surface area contributed by atoms with E-state index < -0.39 is 0 Å². The molecule has 0 saturated carbocycles. The lowest BCUT2D eigenvalue weighted by molar-refractivity contribution is 0.122. The third-order valence-electron chi connectivity index (χ3n) is 4.40. The summed E-state index contributed by atoms with van der Waals surface area (Å²) in [4.78, 5) is 4.94. The highest BCUT2D eigenvalue weighted by Crippen LogP contribution is 2.26. The molecule has 4 heteroatoms. The van der Waals surface area contributed by atoms with Gasteiger partial charge >= 0.3 is 0 Å². The highest BCUT2D eigenvalue weighted by Gasteiger charge is 2.18. The van der Waals surface area contributed by atoms with Gasteiger partial charge in [0.1, 0.15) is 0 Å². The topological polar surface area (TPSA) is 6.48 Å². The smallest absolute Gasteiger partial charge is 0.0465 e. The number of hydrogen-bond acceptors (Lipinski definition) is 2. The summed E-state index contributed by atoms with van der Waals surface area (Å²) in [6.45, 7) is 8.26. The van der Waals surface area contributed by atoms with Crippen LogP contribution in [-0.2, 0) is 13.1 Å². The quantitative estimate of drug-likeness (QED) is 0.795. The molecule has 23 heavy (non-hydrogen) atoms. The molecule has 0 N–H and O–H groups in total. The number of benzene rings is 2. The highest BCUT2D eigenvalue weighted by molar-refractivity contribution is 6.35. The molecule has 122 valence electrons. The van der Waals surface area contributed by atoms with E-state index in [-0.39, 0.29) is 0 Å². The molecule has 0 aliphatic carbocycles. The van der Waals surface area contributed by atoms with Crippen molar-refractivity contribution in [2.45, 2.75) is 20.0 Å². The number of rotatable bonds is 4. The number of piperazine rings is 1. The van der Waals surface area contributed by atoms with E-state index in [0.29, 0.717) is 0 Å². The lowest BCUT2D eigenvalue weighted by atomic mass is 10.1. The molecule has 0 bridgehead atoms. The van der Waals surface area contributed by atoms with Gasteiger partial charge in [-0.1, -0.05) is 59.1 Å². The second-order valence-electron chi connectivity index (χ2n) is 6.24. The summed E-state index contributed by atoms with van der Waals surface area (Å²) in [5.74, 6) is 0. The van der Waals surface area contributed by atoms with Crippen LogP contribution in [0.3, 0.4) is 0 Å². The van der Waals surface area contributed by atoms with Crippen LogP contribution < -0.4 is 0 Å². The van der Waals surface area contributed by atoms with Crippen molar-refractivity contribution in [2.75, 3.05) is 26.2 Å². The van der Waals surface area contributed by atoms with E-state index in [1.807, 2.05) is 18.2 Å². The van der Waals surface area contributed by atoms with Crippen LogP contribution in [-0.4, -0.2) is 36.0 Å². The minimum atomic E-state index is 0.764. The summed E-state index contributed by atoms with van der Waals surface area (Å²) in [5, 5.41) is 1.53. The Morgan fingerprint density at radius 1 is 0.826 bits per heavy atom. The van der Waals surface area contributed by atoms with E-state index in [4.69, 9.17) is 23.2 Å². The van der Waals surface area contributed by atoms with Gasteiger partial charge in [0, 0.05) is 54.9 Å². The van der Waals surface area contributed by atoms with Gasteiger partial charge in [-0.2, -0.15) is 0 Å². The van der Waals surface area contributed by atoms with Crippen molar-refractivity contribution in [1.29, 1.82) is 0 Å². The van der Waals surface area contributed by atoms with Gasteiger partial charge in [0.05, 0.1) is 0 Å². The fourth-order valence-electron chi connectivity index (χ4n) is 3.08. The third kappa shape index (κ3) is 4.48. The minimum absolute atomic E-state index is 0.764. The number of aryl methyl sites for hydroxylation is 1. The summed E-state index contributed by atoms with van der Waals surface area (Å²) >= 11 is 12.6. The molecule has 0 unspecified atom stereocenters. The molecule has 3 rings (SSSR count). The zero-order valence-corrected chi connectivity index (χ0v) is 14.9. The summed E-state index contributed by atoms with van der Waals surface area (Å²) < 4.78 is 0. The minimum Gasteiger partial charge on any atom is -0.297 e. The van der Waals surface area contributed by atoms with E-state index in [0.717, 1.165) is 54.9 Å². The van der Waals surface area contributed by atoms with Gasteiger partial charge in [-0.15, -0.1) is 0 Å². The zero-order valence-electron chi connectivity index (χ0n) is 13.4. The van der Waals surface area contributed by atoms with Gasteiger partial charge in [0.25, 0.3) is 0 Å². The van der Waals surface area contributed by atoms with Crippen LogP contribution in [0.15, 0.2) is 42.5 Å². The first kappa shape index (κ1) is 16.8. The van der Waals surface area contributed by atoms with Gasteiger partial charge in [0.2, 0.25) is 0 Å². The third-order valence-corrected chi connectivity index (χ3v) is 5.11. The lowest BCUT2D eigenvalue weighted by Crippen LogP contribution is -2.45. The molecular weight excluding hydrogens is 327 g/mol. The van der Waals surface area contributed by atoms with Crippen LogP contribution in [0, 0.1) is 6.92 Å². The van der Waals surface area contributed by atoms with Crippen LogP contribution in [0.5, 0.6) is 0 Å². The Kier molecular flexibility index (Phi) is 5.60. The van der Waals surface area contributed by atoms with E-state index in [9.17, 15) is 0 Å². The van der Waals surface area contributed by atoms with E-state index in [1.54, 1.807) is 0 Å². The highest BCUT2D eigenvalue weighted by atomic mass is 35.5. The van der Waals surface area contributed by atoms with Crippen LogP contribution >= 0.6 is 23.2 Å². The van der Waals surface area contributed by atoms with Gasteiger partial charge in [-0.05, 0) is 24.6 Å². The van der Waals surface area contributed by atoms with Crippen molar-refractivity contribution >= 4 is 23.2 Å². The van der Waals surface area contributed by atoms with Crippen LogP contribution in [0.2, 0.25) is 10.0 Å². The number of hydrogen-bond donors (Lipinski definition) is 0. The normalized spacial score (nSPS) is 16.7. The maximum Gasteiger partial charge on any atom is 0.0465 e. The summed E-state index contributed by atoms with van der Waals surface area (Å²) in [6, 6.07) is 14.5. The molecule has 1 saturated heterocycles.